The average Bonchev–Trinajstić information content (AvgIpc) is 3.63. The summed E-state index contributed by atoms with van der Waals surface area (Å²) < 4.78 is 51.2. The van der Waals surface area contributed by atoms with Crippen molar-refractivity contribution < 1.29 is 22.7 Å². The van der Waals surface area contributed by atoms with E-state index in [1.165, 1.54) is 36.7 Å². The number of pyridine rings is 1. The molecule has 1 saturated carbocycles. The van der Waals surface area contributed by atoms with Crippen molar-refractivity contribution in [3.05, 3.63) is 39.7 Å². The number of alkyl halides is 2. The van der Waals surface area contributed by atoms with Crippen LogP contribution in [0, 0.1) is 28.4 Å². The summed E-state index contributed by atoms with van der Waals surface area (Å²) in [5.41, 5.74) is 5.48. The first-order valence-electron chi connectivity index (χ1n) is 17.6. The zero-order valence-electron chi connectivity index (χ0n) is 28.6. The van der Waals surface area contributed by atoms with Gasteiger partial charge in [-0.1, -0.05) is 0 Å². The van der Waals surface area contributed by atoms with E-state index in [9.17, 15) is 23.6 Å². The van der Waals surface area contributed by atoms with Crippen LogP contribution in [0.2, 0.25) is 0 Å². The van der Waals surface area contributed by atoms with Crippen molar-refractivity contribution in [3.8, 4) is 23.3 Å². The minimum atomic E-state index is -0.784. The number of ether oxygens (including phenoxy) is 1. The van der Waals surface area contributed by atoms with Gasteiger partial charge in [0.05, 0.1) is 23.1 Å². The van der Waals surface area contributed by atoms with Crippen molar-refractivity contribution in [2.45, 2.75) is 63.2 Å². The summed E-state index contributed by atoms with van der Waals surface area (Å²) in [4.78, 5) is 41.2. The molecule has 0 bridgehead atoms. The van der Waals surface area contributed by atoms with Gasteiger partial charge < -0.3 is 24.8 Å². The quantitative estimate of drug-likeness (QED) is 0.258. The summed E-state index contributed by atoms with van der Waals surface area (Å²) in [6, 6.07) is 4.83. The van der Waals surface area contributed by atoms with E-state index in [-0.39, 0.29) is 72.1 Å². The van der Waals surface area contributed by atoms with Gasteiger partial charge in [-0.05, 0) is 63.6 Å². The monoisotopic (exact) mass is 754 g/mol. The number of rotatable bonds is 5. The van der Waals surface area contributed by atoms with Crippen molar-refractivity contribution in [2.24, 2.45) is 5.41 Å². The molecule has 9 rings (SSSR count). The van der Waals surface area contributed by atoms with Crippen LogP contribution in [0.15, 0.2) is 16.9 Å². The van der Waals surface area contributed by atoms with Gasteiger partial charge in [0.2, 0.25) is 5.91 Å². The Bertz CT molecular complexity index is 2180. The molecule has 5 aliphatic rings. The number of thiophene rings is 1. The standard InChI is InChI=1S/C29H26ClF2N7O3S.C7H12FN/c1-42-28-35-22-20(26(36-28)38-12-29(13-38)6-8-37(9-7-29)18(40)10-30)27(41)39(14-2-3-14)23(21(22)32)15-4-5-17(31)24-19(15)16(11-33)25(34)43-24;8-6-4-7-2-1-3-9(7)5-6/h4-5,14H,2-3,6-10,12-13,34H2,1H3;6-7H,1-5H2. The predicted octanol–water partition coefficient (Wildman–Crippen LogP) is 5.61. The Labute approximate surface area is 306 Å². The van der Waals surface area contributed by atoms with E-state index >= 15 is 4.39 Å². The van der Waals surface area contributed by atoms with Crippen LogP contribution in [0.3, 0.4) is 0 Å². The Morgan fingerprint density at radius 1 is 1.13 bits per heavy atom. The first-order chi connectivity index (χ1) is 25.1. The summed E-state index contributed by atoms with van der Waals surface area (Å²) >= 11 is 6.65. The number of piperidine rings is 1. The van der Waals surface area contributed by atoms with Crippen molar-refractivity contribution in [2.75, 3.05) is 62.9 Å². The van der Waals surface area contributed by atoms with Gasteiger partial charge in [-0.2, -0.15) is 15.2 Å². The van der Waals surface area contributed by atoms with Crippen molar-refractivity contribution in [1.82, 2.24) is 24.3 Å². The number of methoxy groups -OCH3 is 1. The highest BCUT2D eigenvalue weighted by Gasteiger charge is 2.47. The maximum atomic E-state index is 16.9. The number of halogens is 4. The second kappa shape index (κ2) is 13.4. The van der Waals surface area contributed by atoms with Crippen LogP contribution in [0.4, 0.5) is 24.0 Å². The molecule has 1 aliphatic carbocycles. The lowest BCUT2D eigenvalue weighted by atomic mass is 9.72. The number of nitriles is 1. The van der Waals surface area contributed by atoms with Gasteiger partial charge in [0.25, 0.3) is 5.56 Å². The Balaban J connectivity index is 0.000000372. The van der Waals surface area contributed by atoms with Gasteiger partial charge in [-0.3, -0.25) is 14.5 Å². The van der Waals surface area contributed by atoms with Crippen LogP contribution < -0.4 is 20.9 Å². The summed E-state index contributed by atoms with van der Waals surface area (Å²) in [6.45, 7) is 4.22. The molecular formula is C36H38ClF3N8O3S. The van der Waals surface area contributed by atoms with Crippen molar-refractivity contribution >= 4 is 60.7 Å². The normalized spacial score (nSPS) is 22.3. The van der Waals surface area contributed by atoms with Crippen LogP contribution in [0.1, 0.15) is 56.6 Å². The lowest BCUT2D eigenvalue weighted by Crippen LogP contribution is -2.61. The molecule has 4 aromatic rings. The molecule has 2 N–H and O–H groups in total. The van der Waals surface area contributed by atoms with Crippen molar-refractivity contribution in [1.29, 1.82) is 5.26 Å². The van der Waals surface area contributed by atoms with E-state index in [2.05, 4.69) is 14.9 Å². The van der Waals surface area contributed by atoms with Gasteiger partial charge in [-0.15, -0.1) is 22.9 Å². The van der Waals surface area contributed by atoms with E-state index in [0.29, 0.717) is 57.4 Å². The number of carbonyl (C=O) groups excluding carboxylic acids is 1. The van der Waals surface area contributed by atoms with E-state index in [4.69, 9.17) is 22.1 Å². The van der Waals surface area contributed by atoms with Crippen molar-refractivity contribution in [3.63, 3.8) is 0 Å². The minimum absolute atomic E-state index is 0.0365. The summed E-state index contributed by atoms with van der Waals surface area (Å²) in [7, 11) is 1.37. The maximum Gasteiger partial charge on any atom is 0.318 e. The van der Waals surface area contributed by atoms with Crippen LogP contribution in [0.25, 0.3) is 32.2 Å². The number of fused-ring (bicyclic) bond motifs is 3. The summed E-state index contributed by atoms with van der Waals surface area (Å²) in [6.07, 6.45) is 5.70. The third-order valence-electron chi connectivity index (χ3n) is 11.3. The fourth-order valence-electron chi connectivity index (χ4n) is 8.54. The zero-order valence-corrected chi connectivity index (χ0v) is 30.2. The second-order valence-corrected chi connectivity index (χ2v) is 15.9. The Kier molecular flexibility index (Phi) is 8.98. The van der Waals surface area contributed by atoms with Gasteiger partial charge in [0.15, 0.2) is 5.82 Å². The highest BCUT2D eigenvalue weighted by Crippen LogP contribution is 2.47. The first-order valence-corrected chi connectivity index (χ1v) is 19.0. The average molecular weight is 755 g/mol. The van der Waals surface area contributed by atoms with Gasteiger partial charge in [0, 0.05) is 61.2 Å². The first kappa shape index (κ1) is 34.9. The number of likely N-dealkylation sites (tertiary alicyclic amines) is 1. The van der Waals surface area contributed by atoms with Gasteiger partial charge in [0.1, 0.15) is 45.7 Å². The Morgan fingerprint density at radius 2 is 1.88 bits per heavy atom. The van der Waals surface area contributed by atoms with E-state index < -0.39 is 23.4 Å². The summed E-state index contributed by atoms with van der Waals surface area (Å²) in [5, 5.41) is 10.2. The molecule has 52 heavy (non-hydrogen) atoms. The number of nitrogens with two attached hydrogens (primary N) is 1. The molecule has 11 nitrogen and oxygen atoms in total. The fraction of sp³-hybridized carbons (Fsp3) is 0.528. The van der Waals surface area contributed by atoms with Crippen LogP contribution in [-0.4, -0.2) is 94.7 Å². The molecule has 2 atom stereocenters. The molecule has 0 radical (unpaired) electrons. The number of hydrogen-bond donors (Lipinski definition) is 1. The molecule has 274 valence electrons. The number of nitrogen functional groups attached to an aromatic ring is 1. The van der Waals surface area contributed by atoms with Gasteiger partial charge >= 0.3 is 6.01 Å². The van der Waals surface area contributed by atoms with Gasteiger partial charge in [-0.25, -0.2) is 13.2 Å². The molecule has 1 amide bonds. The van der Waals surface area contributed by atoms with E-state index in [1.54, 1.807) is 4.90 Å². The summed E-state index contributed by atoms with van der Waals surface area (Å²) in [5.74, 6) is -1.22. The fourth-order valence-corrected chi connectivity index (χ4v) is 9.66. The smallest absolute Gasteiger partial charge is 0.318 e. The lowest BCUT2D eigenvalue weighted by molar-refractivity contribution is -0.131. The molecule has 5 fully saturated rings. The number of carbonyl (C=O) groups is 1. The van der Waals surface area contributed by atoms with E-state index in [1.807, 2.05) is 11.0 Å². The number of aromatic nitrogens is 3. The minimum Gasteiger partial charge on any atom is -0.467 e. The lowest BCUT2D eigenvalue weighted by Gasteiger charge is -2.54. The van der Waals surface area contributed by atoms with E-state index in [0.717, 1.165) is 37.1 Å². The Hall–Kier alpha value is -4.13. The molecule has 4 saturated heterocycles. The number of benzene rings is 1. The molecule has 16 heteroatoms. The molecule has 1 spiro atoms. The third kappa shape index (κ3) is 5.83. The predicted molar refractivity (Wildman–Crippen MR) is 194 cm³/mol. The zero-order chi connectivity index (χ0) is 36.5. The number of anilines is 2. The SMILES string of the molecule is COc1nc(N2CC3(CCN(C(=O)CCl)CC3)C2)c2c(=O)n(C3CC3)c(-c3ccc(F)c4sc(N)c(C#N)c34)c(F)c2n1.FC1CC2CCCN2C1. The number of hydrogen-bond acceptors (Lipinski definition) is 10. The Morgan fingerprint density at radius 3 is 2.54 bits per heavy atom. The molecule has 3 aromatic heterocycles. The van der Waals surface area contributed by atoms with Crippen LogP contribution in [0.5, 0.6) is 6.01 Å². The molecule has 1 aromatic carbocycles. The molecule has 7 heterocycles. The number of nitrogens with zero attached hydrogens (tertiary/aromatic N) is 7. The van der Waals surface area contributed by atoms with Crippen LogP contribution >= 0.6 is 22.9 Å². The molecule has 4 aliphatic heterocycles. The number of amides is 1. The topological polar surface area (TPSA) is 134 Å². The molecule has 2 unspecified atom stereocenters. The molecular weight excluding hydrogens is 717 g/mol. The third-order valence-corrected chi connectivity index (χ3v) is 12.6. The largest absolute Gasteiger partial charge is 0.467 e. The highest BCUT2D eigenvalue weighted by molar-refractivity contribution is 7.23. The second-order valence-electron chi connectivity index (χ2n) is 14.6. The van der Waals surface area contributed by atoms with Crippen LogP contribution in [-0.2, 0) is 4.79 Å². The maximum absolute atomic E-state index is 16.9. The highest BCUT2D eigenvalue weighted by atomic mass is 35.5.